The first-order valence-electron chi connectivity index (χ1n) is 8.30. The molecule has 3 rings (SSSR count). The fraction of sp³-hybridized carbons (Fsp3) is 0.250. The van der Waals surface area contributed by atoms with Gasteiger partial charge in [-0.1, -0.05) is 23.7 Å². The van der Waals surface area contributed by atoms with Crippen LogP contribution >= 0.6 is 11.6 Å². The van der Waals surface area contributed by atoms with Gasteiger partial charge in [0.1, 0.15) is 0 Å². The van der Waals surface area contributed by atoms with E-state index in [-0.39, 0.29) is 5.91 Å². The normalized spacial score (nSPS) is 14.8. The first-order chi connectivity index (χ1) is 11.7. The number of hydrogen-bond donors (Lipinski definition) is 1. The molecule has 1 aliphatic rings. The van der Waals surface area contributed by atoms with Gasteiger partial charge in [0.25, 0.3) is 0 Å². The van der Waals surface area contributed by atoms with Crippen molar-refractivity contribution in [1.82, 2.24) is 0 Å². The quantitative estimate of drug-likeness (QED) is 0.796. The molecule has 0 spiro atoms. The molecule has 2 aromatic carbocycles. The first kappa shape index (κ1) is 16.6. The van der Waals surface area contributed by atoms with Gasteiger partial charge < -0.3 is 10.2 Å². The number of anilines is 2. The van der Waals surface area contributed by atoms with Crippen LogP contribution in [0.3, 0.4) is 0 Å². The summed E-state index contributed by atoms with van der Waals surface area (Å²) < 4.78 is 0. The second-order valence-corrected chi connectivity index (χ2v) is 6.41. The zero-order chi connectivity index (χ0) is 16.8. The van der Waals surface area contributed by atoms with Crippen molar-refractivity contribution in [3.8, 4) is 0 Å². The van der Waals surface area contributed by atoms with Gasteiger partial charge in [-0.2, -0.15) is 0 Å². The summed E-state index contributed by atoms with van der Waals surface area (Å²) in [6.07, 6.45) is 7.14. The van der Waals surface area contributed by atoms with E-state index >= 15 is 0 Å². The van der Waals surface area contributed by atoms with E-state index in [1.807, 2.05) is 24.3 Å². The molecule has 4 heteroatoms. The zero-order valence-corrected chi connectivity index (χ0v) is 14.3. The van der Waals surface area contributed by atoms with E-state index in [9.17, 15) is 4.79 Å². The smallest absolute Gasteiger partial charge is 0.248 e. The molecule has 24 heavy (non-hydrogen) atoms. The summed E-state index contributed by atoms with van der Waals surface area (Å²) in [6, 6.07) is 15.4. The minimum Gasteiger partial charge on any atom is -0.372 e. The van der Waals surface area contributed by atoms with Crippen molar-refractivity contribution < 1.29 is 4.79 Å². The minimum atomic E-state index is -0.143. The molecule has 0 aliphatic carbocycles. The van der Waals surface area contributed by atoms with Crippen molar-refractivity contribution >= 4 is 35.0 Å². The summed E-state index contributed by atoms with van der Waals surface area (Å²) in [5, 5.41) is 3.57. The zero-order valence-electron chi connectivity index (χ0n) is 13.5. The number of rotatable bonds is 4. The van der Waals surface area contributed by atoms with Crippen LogP contribution in [0.5, 0.6) is 0 Å². The molecule has 124 valence electrons. The van der Waals surface area contributed by atoms with Crippen LogP contribution in [0.2, 0.25) is 5.02 Å². The Hall–Kier alpha value is -2.26. The lowest BCUT2D eigenvalue weighted by Gasteiger charge is -2.28. The maximum atomic E-state index is 12.0. The predicted molar refractivity (Wildman–Crippen MR) is 102 cm³/mol. The molecular weight excluding hydrogens is 320 g/mol. The molecule has 0 bridgehead atoms. The Morgan fingerprint density at radius 2 is 1.62 bits per heavy atom. The topological polar surface area (TPSA) is 32.3 Å². The molecule has 1 fully saturated rings. The van der Waals surface area contributed by atoms with Crippen LogP contribution in [0.25, 0.3) is 6.08 Å². The van der Waals surface area contributed by atoms with Crippen molar-refractivity contribution in [3.05, 3.63) is 65.2 Å². The SMILES string of the molecule is O=C(/C=C/c1ccc(Cl)cc1)Nc1ccc(N2CCCCC2)cc1. The first-order valence-corrected chi connectivity index (χ1v) is 8.68. The number of nitrogens with one attached hydrogen (secondary N) is 1. The minimum absolute atomic E-state index is 0.143. The van der Waals surface area contributed by atoms with Crippen molar-refractivity contribution in [1.29, 1.82) is 0 Å². The fourth-order valence-corrected chi connectivity index (χ4v) is 2.96. The molecule has 1 heterocycles. The molecule has 1 aliphatic heterocycles. The maximum Gasteiger partial charge on any atom is 0.248 e. The van der Waals surface area contributed by atoms with Crippen LogP contribution in [0.15, 0.2) is 54.6 Å². The van der Waals surface area contributed by atoms with E-state index in [0.29, 0.717) is 5.02 Å². The van der Waals surface area contributed by atoms with E-state index in [1.54, 1.807) is 18.2 Å². The van der Waals surface area contributed by atoms with Crippen LogP contribution in [0.1, 0.15) is 24.8 Å². The van der Waals surface area contributed by atoms with Gasteiger partial charge in [0.05, 0.1) is 0 Å². The number of amides is 1. The molecule has 0 unspecified atom stereocenters. The van der Waals surface area contributed by atoms with E-state index in [0.717, 1.165) is 24.3 Å². The molecule has 0 radical (unpaired) electrons. The van der Waals surface area contributed by atoms with Gasteiger partial charge in [-0.15, -0.1) is 0 Å². The molecule has 2 aromatic rings. The van der Waals surface area contributed by atoms with E-state index in [4.69, 9.17) is 11.6 Å². The Labute approximate surface area is 147 Å². The number of piperidine rings is 1. The van der Waals surface area contributed by atoms with Crippen LogP contribution in [-0.2, 0) is 4.79 Å². The third-order valence-corrected chi connectivity index (χ3v) is 4.41. The third kappa shape index (κ3) is 4.62. The number of carbonyl (C=O) groups is 1. The lowest BCUT2D eigenvalue weighted by molar-refractivity contribution is -0.111. The fourth-order valence-electron chi connectivity index (χ4n) is 2.84. The highest BCUT2D eigenvalue weighted by Gasteiger charge is 2.10. The highest BCUT2D eigenvalue weighted by Crippen LogP contribution is 2.21. The predicted octanol–water partition coefficient (Wildman–Crippen LogP) is 4.98. The van der Waals surface area contributed by atoms with Crippen LogP contribution in [0.4, 0.5) is 11.4 Å². The standard InChI is InChI=1S/C20H21ClN2O/c21-17-7-4-16(5-8-17)6-13-20(24)22-18-9-11-19(12-10-18)23-14-2-1-3-15-23/h4-13H,1-3,14-15H2,(H,22,24)/b13-6+. The van der Waals surface area contributed by atoms with Gasteiger partial charge in [0, 0.05) is 35.6 Å². The van der Waals surface area contributed by atoms with E-state index in [1.165, 1.54) is 31.0 Å². The lowest BCUT2D eigenvalue weighted by atomic mass is 10.1. The average molecular weight is 341 g/mol. The summed E-state index contributed by atoms with van der Waals surface area (Å²) in [5.41, 5.74) is 2.97. The number of hydrogen-bond acceptors (Lipinski definition) is 2. The van der Waals surface area contributed by atoms with E-state index < -0.39 is 0 Å². The second kappa shape index (κ2) is 8.02. The molecule has 1 amide bonds. The van der Waals surface area contributed by atoms with Crippen molar-refractivity contribution in [2.45, 2.75) is 19.3 Å². The molecular formula is C20H21ClN2O. The summed E-state index contributed by atoms with van der Waals surface area (Å²) in [5.74, 6) is -0.143. The average Bonchev–Trinajstić information content (AvgIpc) is 2.63. The van der Waals surface area contributed by atoms with E-state index in [2.05, 4.69) is 22.3 Å². The maximum absolute atomic E-state index is 12.0. The number of carbonyl (C=O) groups excluding carboxylic acids is 1. The monoisotopic (exact) mass is 340 g/mol. The van der Waals surface area contributed by atoms with Crippen LogP contribution in [0, 0.1) is 0 Å². The molecule has 1 saturated heterocycles. The highest BCUT2D eigenvalue weighted by molar-refractivity contribution is 6.30. The van der Waals surface area contributed by atoms with Gasteiger partial charge >= 0.3 is 0 Å². The Bertz CT molecular complexity index is 701. The summed E-state index contributed by atoms with van der Waals surface area (Å²) in [7, 11) is 0. The van der Waals surface area contributed by atoms with Gasteiger partial charge in [0.2, 0.25) is 5.91 Å². The second-order valence-electron chi connectivity index (χ2n) is 5.97. The lowest BCUT2D eigenvalue weighted by Crippen LogP contribution is -2.29. The number of benzene rings is 2. The number of halogens is 1. The molecule has 0 aromatic heterocycles. The summed E-state index contributed by atoms with van der Waals surface area (Å²) in [4.78, 5) is 14.4. The van der Waals surface area contributed by atoms with Gasteiger partial charge in [-0.05, 0) is 67.3 Å². The van der Waals surface area contributed by atoms with Gasteiger partial charge in [0.15, 0.2) is 0 Å². The highest BCUT2D eigenvalue weighted by atomic mass is 35.5. The Morgan fingerprint density at radius 1 is 0.958 bits per heavy atom. The Balaban J connectivity index is 1.57. The Kier molecular flexibility index (Phi) is 5.55. The summed E-state index contributed by atoms with van der Waals surface area (Å²) >= 11 is 5.84. The largest absolute Gasteiger partial charge is 0.372 e. The summed E-state index contributed by atoms with van der Waals surface area (Å²) in [6.45, 7) is 2.24. The van der Waals surface area contributed by atoms with Crippen LogP contribution in [-0.4, -0.2) is 19.0 Å². The van der Waals surface area contributed by atoms with Crippen molar-refractivity contribution in [3.63, 3.8) is 0 Å². The van der Waals surface area contributed by atoms with Crippen LogP contribution < -0.4 is 10.2 Å². The molecule has 1 N–H and O–H groups in total. The molecule has 0 atom stereocenters. The molecule has 0 saturated carbocycles. The van der Waals surface area contributed by atoms with Crippen molar-refractivity contribution in [2.75, 3.05) is 23.3 Å². The van der Waals surface area contributed by atoms with Gasteiger partial charge in [-0.3, -0.25) is 4.79 Å². The number of nitrogens with zero attached hydrogens (tertiary/aromatic N) is 1. The molecule has 3 nitrogen and oxygen atoms in total. The third-order valence-electron chi connectivity index (χ3n) is 4.15. The van der Waals surface area contributed by atoms with Crippen molar-refractivity contribution in [2.24, 2.45) is 0 Å². The van der Waals surface area contributed by atoms with Gasteiger partial charge in [-0.25, -0.2) is 0 Å². The Morgan fingerprint density at radius 3 is 2.29 bits per heavy atom.